The van der Waals surface area contributed by atoms with Gasteiger partial charge in [-0.25, -0.2) is 0 Å². The number of nitrogens with one attached hydrogen (secondary N) is 1. The van der Waals surface area contributed by atoms with Crippen molar-refractivity contribution in [1.29, 1.82) is 0 Å². The molecular formula is C14H29N3O. The molecule has 4 N–H and O–H groups in total. The highest BCUT2D eigenvalue weighted by Gasteiger charge is 2.29. The van der Waals surface area contributed by atoms with E-state index in [0.717, 1.165) is 31.2 Å². The number of rotatable bonds is 6. The van der Waals surface area contributed by atoms with Gasteiger partial charge in [-0.05, 0) is 44.1 Å². The predicted molar refractivity (Wildman–Crippen MR) is 75.8 cm³/mol. The molecular weight excluding hydrogens is 226 g/mol. The molecule has 4 heteroatoms. The first kappa shape index (κ1) is 15.3. The monoisotopic (exact) mass is 255 g/mol. The summed E-state index contributed by atoms with van der Waals surface area (Å²) in [6.07, 6.45) is 4.63. The summed E-state index contributed by atoms with van der Waals surface area (Å²) < 4.78 is 0. The summed E-state index contributed by atoms with van der Waals surface area (Å²) >= 11 is 0. The van der Waals surface area contributed by atoms with Crippen molar-refractivity contribution in [3.8, 4) is 0 Å². The first-order valence-electron chi connectivity index (χ1n) is 7.10. The molecule has 0 bridgehead atoms. The Morgan fingerprint density at radius 2 is 2.06 bits per heavy atom. The van der Waals surface area contributed by atoms with Crippen LogP contribution in [0.5, 0.6) is 0 Å². The second-order valence-electron chi connectivity index (χ2n) is 6.45. The van der Waals surface area contributed by atoms with Crippen LogP contribution >= 0.6 is 0 Å². The van der Waals surface area contributed by atoms with E-state index >= 15 is 0 Å². The molecule has 0 spiro atoms. The normalized spacial score (nSPS) is 29.8. The first-order chi connectivity index (χ1) is 8.38. The SMILES string of the molecule is CC1CCC(NCCCC(C)(C)C(N)=NO)C1C. The molecule has 3 atom stereocenters. The molecule has 0 aromatic rings. The average molecular weight is 255 g/mol. The molecule has 1 aliphatic carbocycles. The quantitative estimate of drug-likeness (QED) is 0.225. The summed E-state index contributed by atoms with van der Waals surface area (Å²) in [5.41, 5.74) is 5.46. The Bertz CT molecular complexity index is 289. The van der Waals surface area contributed by atoms with Crippen LogP contribution in [0.3, 0.4) is 0 Å². The fourth-order valence-electron chi connectivity index (χ4n) is 2.73. The van der Waals surface area contributed by atoms with Gasteiger partial charge in [-0.3, -0.25) is 0 Å². The minimum atomic E-state index is -0.217. The third-order valence-electron chi connectivity index (χ3n) is 4.65. The zero-order valence-electron chi connectivity index (χ0n) is 12.2. The minimum absolute atomic E-state index is 0.217. The second kappa shape index (κ2) is 6.41. The molecule has 0 radical (unpaired) electrons. The van der Waals surface area contributed by atoms with E-state index in [9.17, 15) is 0 Å². The number of amidine groups is 1. The van der Waals surface area contributed by atoms with Crippen LogP contribution in [0.1, 0.15) is 53.4 Å². The highest BCUT2D eigenvalue weighted by Crippen LogP contribution is 2.31. The van der Waals surface area contributed by atoms with Gasteiger partial charge in [0.2, 0.25) is 0 Å². The minimum Gasteiger partial charge on any atom is -0.409 e. The van der Waals surface area contributed by atoms with E-state index in [2.05, 4.69) is 24.3 Å². The standard InChI is InChI=1S/C14H29N3O/c1-10-6-7-12(11(10)2)16-9-5-8-14(3,4)13(15)17-18/h10-12,16,18H,5-9H2,1-4H3,(H2,15,17). The summed E-state index contributed by atoms with van der Waals surface area (Å²) in [6.45, 7) is 9.73. The van der Waals surface area contributed by atoms with Crippen molar-refractivity contribution < 1.29 is 5.21 Å². The van der Waals surface area contributed by atoms with Crippen LogP contribution in [0.15, 0.2) is 5.16 Å². The molecule has 0 amide bonds. The third-order valence-corrected chi connectivity index (χ3v) is 4.65. The van der Waals surface area contributed by atoms with Crippen LogP contribution in [0.2, 0.25) is 0 Å². The van der Waals surface area contributed by atoms with E-state index in [0.29, 0.717) is 11.9 Å². The zero-order chi connectivity index (χ0) is 13.8. The molecule has 1 aliphatic rings. The van der Waals surface area contributed by atoms with E-state index in [1.54, 1.807) is 0 Å². The number of hydrogen-bond acceptors (Lipinski definition) is 3. The lowest BCUT2D eigenvalue weighted by atomic mass is 9.86. The summed E-state index contributed by atoms with van der Waals surface area (Å²) in [4.78, 5) is 0. The summed E-state index contributed by atoms with van der Waals surface area (Å²) in [5, 5.41) is 15.5. The molecule has 3 unspecified atom stereocenters. The number of nitrogens with zero attached hydrogens (tertiary/aromatic N) is 1. The van der Waals surface area contributed by atoms with Gasteiger partial charge in [-0.15, -0.1) is 0 Å². The van der Waals surface area contributed by atoms with Gasteiger partial charge in [-0.2, -0.15) is 0 Å². The van der Waals surface area contributed by atoms with Crippen molar-refractivity contribution in [3.63, 3.8) is 0 Å². The molecule has 1 saturated carbocycles. The van der Waals surface area contributed by atoms with Gasteiger partial charge < -0.3 is 16.3 Å². The Hall–Kier alpha value is -0.770. The highest BCUT2D eigenvalue weighted by atomic mass is 16.4. The van der Waals surface area contributed by atoms with Crippen molar-refractivity contribution in [1.82, 2.24) is 5.32 Å². The van der Waals surface area contributed by atoms with E-state index in [1.165, 1.54) is 12.8 Å². The molecule has 0 aromatic carbocycles. The van der Waals surface area contributed by atoms with Gasteiger partial charge in [0.1, 0.15) is 5.84 Å². The lowest BCUT2D eigenvalue weighted by molar-refractivity contribution is 0.303. The molecule has 0 aliphatic heterocycles. The number of oxime groups is 1. The summed E-state index contributed by atoms with van der Waals surface area (Å²) in [7, 11) is 0. The molecule has 0 heterocycles. The van der Waals surface area contributed by atoms with Crippen molar-refractivity contribution in [2.24, 2.45) is 28.1 Å². The Balaban J connectivity index is 2.23. The fraction of sp³-hybridized carbons (Fsp3) is 0.929. The van der Waals surface area contributed by atoms with Gasteiger partial charge in [0, 0.05) is 11.5 Å². The lowest BCUT2D eigenvalue weighted by Gasteiger charge is -2.24. The average Bonchev–Trinajstić information content (AvgIpc) is 2.65. The molecule has 0 saturated heterocycles. The zero-order valence-corrected chi connectivity index (χ0v) is 12.2. The van der Waals surface area contributed by atoms with E-state index in [1.807, 2.05) is 13.8 Å². The third kappa shape index (κ3) is 3.87. The Kier molecular flexibility index (Phi) is 5.45. The van der Waals surface area contributed by atoms with E-state index < -0.39 is 0 Å². The maximum Gasteiger partial charge on any atom is 0.144 e. The van der Waals surface area contributed by atoms with E-state index in [-0.39, 0.29) is 5.41 Å². The van der Waals surface area contributed by atoms with Crippen molar-refractivity contribution in [2.75, 3.05) is 6.54 Å². The maximum atomic E-state index is 8.71. The first-order valence-corrected chi connectivity index (χ1v) is 7.10. The van der Waals surface area contributed by atoms with Gasteiger partial charge in [-0.1, -0.05) is 32.9 Å². The fourth-order valence-corrected chi connectivity index (χ4v) is 2.73. The largest absolute Gasteiger partial charge is 0.409 e. The molecule has 1 rings (SSSR count). The molecule has 106 valence electrons. The van der Waals surface area contributed by atoms with Crippen LogP contribution in [-0.2, 0) is 0 Å². The number of hydrogen-bond donors (Lipinski definition) is 3. The van der Waals surface area contributed by atoms with Crippen LogP contribution in [0.4, 0.5) is 0 Å². The van der Waals surface area contributed by atoms with Crippen LogP contribution < -0.4 is 11.1 Å². The lowest BCUT2D eigenvalue weighted by Crippen LogP contribution is -2.35. The molecule has 1 fully saturated rings. The smallest absolute Gasteiger partial charge is 0.144 e. The Morgan fingerprint density at radius 1 is 1.39 bits per heavy atom. The molecule has 18 heavy (non-hydrogen) atoms. The maximum absolute atomic E-state index is 8.71. The van der Waals surface area contributed by atoms with Crippen LogP contribution in [0.25, 0.3) is 0 Å². The molecule has 0 aromatic heterocycles. The topological polar surface area (TPSA) is 70.6 Å². The number of nitrogens with two attached hydrogens (primary N) is 1. The van der Waals surface area contributed by atoms with Crippen molar-refractivity contribution in [3.05, 3.63) is 0 Å². The van der Waals surface area contributed by atoms with Crippen LogP contribution in [0, 0.1) is 17.3 Å². The van der Waals surface area contributed by atoms with Gasteiger partial charge in [0.15, 0.2) is 0 Å². The highest BCUT2D eigenvalue weighted by molar-refractivity contribution is 5.85. The Morgan fingerprint density at radius 3 is 2.56 bits per heavy atom. The van der Waals surface area contributed by atoms with Crippen molar-refractivity contribution in [2.45, 2.75) is 59.4 Å². The summed E-state index contributed by atoms with van der Waals surface area (Å²) in [5.74, 6) is 1.95. The molecule has 4 nitrogen and oxygen atoms in total. The predicted octanol–water partition coefficient (Wildman–Crippen LogP) is 2.56. The van der Waals surface area contributed by atoms with E-state index in [4.69, 9.17) is 10.9 Å². The van der Waals surface area contributed by atoms with Crippen LogP contribution in [-0.4, -0.2) is 23.6 Å². The summed E-state index contributed by atoms with van der Waals surface area (Å²) in [6, 6.07) is 0.673. The second-order valence-corrected chi connectivity index (χ2v) is 6.45. The van der Waals surface area contributed by atoms with Gasteiger partial charge in [0.25, 0.3) is 0 Å². The van der Waals surface area contributed by atoms with Gasteiger partial charge in [0.05, 0.1) is 0 Å². The van der Waals surface area contributed by atoms with Gasteiger partial charge >= 0.3 is 0 Å². The Labute approximate surface area is 111 Å². The van der Waals surface area contributed by atoms with Crippen molar-refractivity contribution >= 4 is 5.84 Å².